The van der Waals surface area contributed by atoms with E-state index in [9.17, 15) is 4.79 Å². The summed E-state index contributed by atoms with van der Waals surface area (Å²) in [5.74, 6) is 0.747. The van der Waals surface area contributed by atoms with Crippen LogP contribution in [0.1, 0.15) is 91.4 Å². The molecule has 2 aliphatic carbocycles. The van der Waals surface area contributed by atoms with Gasteiger partial charge in [-0.15, -0.1) is 0 Å². The molecule has 0 bridgehead atoms. The highest BCUT2D eigenvalue weighted by Gasteiger charge is 2.38. The third-order valence-electron chi connectivity index (χ3n) is 5.67. The second kappa shape index (κ2) is 7.65. The smallest absolute Gasteiger partial charge is 0.309 e. The Labute approximate surface area is 131 Å². The van der Waals surface area contributed by atoms with Crippen LogP contribution in [0.4, 0.5) is 0 Å². The van der Waals surface area contributed by atoms with E-state index in [2.05, 4.69) is 20.8 Å². The first-order valence-corrected chi connectivity index (χ1v) is 9.25. The van der Waals surface area contributed by atoms with Crippen LogP contribution in [0, 0.1) is 17.3 Å². The Morgan fingerprint density at radius 1 is 1.14 bits per heavy atom. The zero-order valence-corrected chi connectivity index (χ0v) is 14.3. The third-order valence-corrected chi connectivity index (χ3v) is 5.67. The molecule has 0 aromatic heterocycles. The van der Waals surface area contributed by atoms with Gasteiger partial charge in [-0.05, 0) is 62.7 Å². The van der Waals surface area contributed by atoms with Gasteiger partial charge in [0.15, 0.2) is 0 Å². The average molecular weight is 294 g/mol. The molecule has 2 unspecified atom stereocenters. The summed E-state index contributed by atoms with van der Waals surface area (Å²) in [6.45, 7) is 6.49. The molecule has 0 aromatic rings. The van der Waals surface area contributed by atoms with Crippen LogP contribution in [0.25, 0.3) is 0 Å². The molecule has 0 aromatic carbocycles. The van der Waals surface area contributed by atoms with Gasteiger partial charge in [-0.25, -0.2) is 0 Å². The van der Waals surface area contributed by atoms with E-state index in [1.807, 2.05) is 0 Å². The summed E-state index contributed by atoms with van der Waals surface area (Å²) in [6.07, 6.45) is 13.8. The molecule has 0 heterocycles. The van der Waals surface area contributed by atoms with E-state index in [1.54, 1.807) is 0 Å². The van der Waals surface area contributed by atoms with E-state index in [0.29, 0.717) is 11.3 Å². The van der Waals surface area contributed by atoms with E-state index < -0.39 is 0 Å². The van der Waals surface area contributed by atoms with Gasteiger partial charge < -0.3 is 4.74 Å². The molecule has 2 heteroatoms. The van der Waals surface area contributed by atoms with Crippen LogP contribution in [0.15, 0.2) is 0 Å². The van der Waals surface area contributed by atoms with Crippen LogP contribution in [-0.4, -0.2) is 12.1 Å². The topological polar surface area (TPSA) is 26.3 Å². The molecule has 0 aliphatic heterocycles. The minimum Gasteiger partial charge on any atom is -0.462 e. The van der Waals surface area contributed by atoms with Crippen molar-refractivity contribution < 1.29 is 9.53 Å². The van der Waals surface area contributed by atoms with Gasteiger partial charge in [-0.1, -0.05) is 40.0 Å². The molecule has 1 spiro atoms. The molecular weight excluding hydrogens is 260 g/mol. The molecule has 2 fully saturated rings. The Kier molecular flexibility index (Phi) is 6.13. The first kappa shape index (κ1) is 16.8. The molecule has 0 N–H and O–H groups in total. The van der Waals surface area contributed by atoms with Crippen molar-refractivity contribution in [3.63, 3.8) is 0 Å². The zero-order valence-electron chi connectivity index (χ0n) is 14.3. The number of hydrogen-bond acceptors (Lipinski definition) is 2. The number of ether oxygens (including phenoxy) is 1. The normalized spacial score (nSPS) is 26.8. The number of carbonyl (C=O) groups is 1. The highest BCUT2D eigenvalue weighted by molar-refractivity contribution is 5.72. The molecule has 122 valence electrons. The van der Waals surface area contributed by atoms with Gasteiger partial charge in [0.05, 0.1) is 5.92 Å². The predicted molar refractivity (Wildman–Crippen MR) is 87.1 cm³/mol. The van der Waals surface area contributed by atoms with Crippen LogP contribution in [0.3, 0.4) is 0 Å². The summed E-state index contributed by atoms with van der Waals surface area (Å²) in [5, 5.41) is 0. The monoisotopic (exact) mass is 294 g/mol. The lowest BCUT2D eigenvalue weighted by molar-refractivity contribution is -0.159. The van der Waals surface area contributed by atoms with E-state index in [-0.39, 0.29) is 18.0 Å². The molecule has 2 atom stereocenters. The van der Waals surface area contributed by atoms with Gasteiger partial charge in [0, 0.05) is 0 Å². The molecule has 21 heavy (non-hydrogen) atoms. The molecule has 2 nitrogen and oxygen atoms in total. The van der Waals surface area contributed by atoms with Crippen LogP contribution < -0.4 is 0 Å². The molecule has 2 rings (SSSR count). The summed E-state index contributed by atoms with van der Waals surface area (Å²) in [5.41, 5.74) is 0.515. The third kappa shape index (κ3) is 4.72. The fraction of sp³-hybridized carbons (Fsp3) is 0.947. The highest BCUT2D eigenvalue weighted by Crippen LogP contribution is 2.48. The summed E-state index contributed by atoms with van der Waals surface area (Å²) in [6, 6.07) is 0. The number of rotatable bonds is 5. The van der Waals surface area contributed by atoms with Crippen LogP contribution in [-0.2, 0) is 9.53 Å². The lowest BCUT2D eigenvalue weighted by atomic mass is 9.64. The Morgan fingerprint density at radius 3 is 2.43 bits per heavy atom. The Bertz CT molecular complexity index is 323. The zero-order chi connectivity index (χ0) is 15.3. The minimum atomic E-state index is 0.0732. The molecule has 0 saturated heterocycles. The van der Waals surface area contributed by atoms with Crippen LogP contribution >= 0.6 is 0 Å². The van der Waals surface area contributed by atoms with E-state index in [1.165, 1.54) is 44.9 Å². The maximum absolute atomic E-state index is 12.4. The van der Waals surface area contributed by atoms with Gasteiger partial charge >= 0.3 is 5.97 Å². The molecular formula is C19H34O2. The number of hydrogen-bond donors (Lipinski definition) is 0. The standard InChI is InChI=1S/C19H34O2/c1-4-16(13-15(2)3)18(20)21-17-9-8-12-19(14-17)10-6-5-7-11-19/h15-17H,4-14H2,1-3H3. The van der Waals surface area contributed by atoms with Crippen molar-refractivity contribution in [1.82, 2.24) is 0 Å². The first-order chi connectivity index (χ1) is 10.0. The quantitative estimate of drug-likeness (QED) is 0.626. The molecule has 0 radical (unpaired) electrons. The van der Waals surface area contributed by atoms with Crippen molar-refractivity contribution >= 4 is 5.97 Å². The Morgan fingerprint density at radius 2 is 1.81 bits per heavy atom. The van der Waals surface area contributed by atoms with E-state index in [0.717, 1.165) is 25.7 Å². The van der Waals surface area contributed by atoms with E-state index >= 15 is 0 Å². The molecule has 0 amide bonds. The van der Waals surface area contributed by atoms with Gasteiger partial charge in [-0.2, -0.15) is 0 Å². The van der Waals surface area contributed by atoms with Gasteiger partial charge in [0.25, 0.3) is 0 Å². The number of esters is 1. The van der Waals surface area contributed by atoms with Crippen molar-refractivity contribution in [3.05, 3.63) is 0 Å². The average Bonchev–Trinajstić information content (AvgIpc) is 2.45. The Balaban J connectivity index is 1.88. The van der Waals surface area contributed by atoms with Crippen molar-refractivity contribution in [2.24, 2.45) is 17.3 Å². The predicted octanol–water partition coefficient (Wildman–Crippen LogP) is 5.50. The van der Waals surface area contributed by atoms with E-state index in [4.69, 9.17) is 4.74 Å². The maximum atomic E-state index is 12.4. The van der Waals surface area contributed by atoms with Crippen molar-refractivity contribution in [1.29, 1.82) is 0 Å². The Hall–Kier alpha value is -0.530. The summed E-state index contributed by atoms with van der Waals surface area (Å²) >= 11 is 0. The van der Waals surface area contributed by atoms with Crippen molar-refractivity contribution in [3.8, 4) is 0 Å². The summed E-state index contributed by atoms with van der Waals surface area (Å²) < 4.78 is 5.93. The lowest BCUT2D eigenvalue weighted by Crippen LogP contribution is -2.36. The lowest BCUT2D eigenvalue weighted by Gasteiger charge is -2.43. The van der Waals surface area contributed by atoms with Crippen molar-refractivity contribution in [2.45, 2.75) is 97.5 Å². The molecule has 2 aliphatic rings. The fourth-order valence-electron chi connectivity index (χ4n) is 4.51. The summed E-state index contributed by atoms with van der Waals surface area (Å²) in [7, 11) is 0. The van der Waals surface area contributed by atoms with Crippen LogP contribution in [0.2, 0.25) is 0 Å². The van der Waals surface area contributed by atoms with Gasteiger partial charge in [0.1, 0.15) is 6.10 Å². The highest BCUT2D eigenvalue weighted by atomic mass is 16.5. The van der Waals surface area contributed by atoms with Crippen LogP contribution in [0.5, 0.6) is 0 Å². The SMILES string of the molecule is CCC(CC(C)C)C(=O)OC1CCCC2(CCCCC2)C1. The molecule has 2 saturated carbocycles. The fourth-order valence-corrected chi connectivity index (χ4v) is 4.51. The second-order valence-corrected chi connectivity index (χ2v) is 7.95. The maximum Gasteiger partial charge on any atom is 0.309 e. The first-order valence-electron chi connectivity index (χ1n) is 9.25. The largest absolute Gasteiger partial charge is 0.462 e. The second-order valence-electron chi connectivity index (χ2n) is 7.95. The number of carbonyl (C=O) groups excluding carboxylic acids is 1. The minimum absolute atomic E-state index is 0.0732. The van der Waals surface area contributed by atoms with Crippen molar-refractivity contribution in [2.75, 3.05) is 0 Å². The summed E-state index contributed by atoms with van der Waals surface area (Å²) in [4.78, 5) is 12.4. The van der Waals surface area contributed by atoms with Gasteiger partial charge in [0.2, 0.25) is 0 Å². The van der Waals surface area contributed by atoms with Gasteiger partial charge in [-0.3, -0.25) is 4.79 Å².